The molecule has 3 aromatic rings. The van der Waals surface area contributed by atoms with Crippen LogP contribution < -0.4 is 10.2 Å². The Bertz CT molecular complexity index is 1540. The van der Waals surface area contributed by atoms with E-state index in [-0.39, 0.29) is 17.0 Å². The lowest BCUT2D eigenvalue weighted by Gasteiger charge is -2.22. The van der Waals surface area contributed by atoms with E-state index in [1.807, 2.05) is 36.4 Å². The molecule has 1 aliphatic heterocycles. The maximum absolute atomic E-state index is 13.5. The number of nitrogens with zero attached hydrogens (tertiary/aromatic N) is 4. The van der Waals surface area contributed by atoms with Crippen LogP contribution >= 0.6 is 23.1 Å². The number of fused-ring (bicyclic) bond motifs is 1. The Morgan fingerprint density at radius 2 is 1.66 bits per heavy atom. The second-order valence-electron chi connectivity index (χ2n) is 8.94. The molecule has 2 aliphatic rings. The first-order chi connectivity index (χ1) is 18.5. The summed E-state index contributed by atoms with van der Waals surface area (Å²) >= 11 is 2.34. The molecular weight excluding hydrogens is 514 g/mol. The van der Waals surface area contributed by atoms with Crippen LogP contribution in [0.5, 0.6) is 0 Å². The molecule has 2 aromatic carbocycles. The number of carbonyl (C=O) groups is 2. The zero-order valence-electron chi connectivity index (χ0n) is 20.2. The fraction of sp³-hybridized carbons (Fsp3) is 0.207. The summed E-state index contributed by atoms with van der Waals surface area (Å²) in [6, 6.07) is 25.2. The first-order valence-corrected chi connectivity index (χ1v) is 13.7. The number of amides is 2. The molecule has 1 saturated heterocycles. The smallest absolute Gasteiger partial charge is 0.248 e. The van der Waals surface area contributed by atoms with Crippen LogP contribution in [0, 0.1) is 34.0 Å². The summed E-state index contributed by atoms with van der Waals surface area (Å²) < 4.78 is 0. The lowest BCUT2D eigenvalue weighted by atomic mass is 9.83. The Labute approximate surface area is 228 Å². The van der Waals surface area contributed by atoms with Gasteiger partial charge in [0.2, 0.25) is 11.8 Å². The summed E-state index contributed by atoms with van der Waals surface area (Å²) in [5.74, 6) is -0.517. The number of allylic oxidation sites excluding steroid dienone is 1. The van der Waals surface area contributed by atoms with Crippen molar-refractivity contribution in [1.29, 1.82) is 15.8 Å². The van der Waals surface area contributed by atoms with E-state index in [1.165, 1.54) is 16.9 Å². The van der Waals surface area contributed by atoms with Gasteiger partial charge in [-0.2, -0.15) is 15.8 Å². The van der Waals surface area contributed by atoms with Crippen molar-refractivity contribution >= 4 is 45.6 Å². The first-order valence-electron chi connectivity index (χ1n) is 12.0. The van der Waals surface area contributed by atoms with Gasteiger partial charge in [-0.1, -0.05) is 60.3 Å². The van der Waals surface area contributed by atoms with Crippen LogP contribution in [0.15, 0.2) is 71.3 Å². The van der Waals surface area contributed by atoms with Gasteiger partial charge >= 0.3 is 0 Å². The van der Waals surface area contributed by atoms with E-state index in [4.69, 9.17) is 0 Å². The molecule has 2 amide bonds. The highest BCUT2D eigenvalue weighted by Gasteiger charge is 2.43. The van der Waals surface area contributed by atoms with Crippen molar-refractivity contribution < 1.29 is 9.59 Å². The number of thiophene rings is 1. The molecule has 2 heterocycles. The topological polar surface area (TPSA) is 121 Å². The van der Waals surface area contributed by atoms with Crippen LogP contribution in [0.3, 0.4) is 0 Å². The summed E-state index contributed by atoms with van der Waals surface area (Å²) in [6.45, 7) is 0. The predicted molar refractivity (Wildman–Crippen MR) is 147 cm³/mol. The first kappa shape index (κ1) is 25.3. The number of imide groups is 1. The Morgan fingerprint density at radius 3 is 2.32 bits per heavy atom. The quantitative estimate of drug-likeness (QED) is 0.321. The Morgan fingerprint density at radius 1 is 0.974 bits per heavy atom. The number of hydrogen-bond acceptors (Lipinski definition) is 8. The Balaban J connectivity index is 1.42. The standard InChI is InChI=1S/C29H21N5O2S2/c30-15-20(16-31)27(33-21-9-5-2-6-10-21)37-25-14-26(35)34(28(25)36)29-23(17-32)22-12-11-19(13-24(22)38-29)18-7-3-1-4-8-18/h1-10,19,25,33H,11-14H2/t19-,25-/m1/s1. The maximum atomic E-state index is 13.5. The predicted octanol–water partition coefficient (Wildman–Crippen LogP) is 5.63. The van der Waals surface area contributed by atoms with Gasteiger partial charge in [0.1, 0.15) is 28.2 Å². The van der Waals surface area contributed by atoms with Crippen molar-refractivity contribution in [3.63, 3.8) is 0 Å². The van der Waals surface area contributed by atoms with Gasteiger partial charge in [0.15, 0.2) is 5.57 Å². The molecule has 5 rings (SSSR count). The number of para-hydroxylation sites is 1. The van der Waals surface area contributed by atoms with E-state index in [9.17, 15) is 25.4 Å². The number of anilines is 2. The Hall–Kier alpha value is -4.36. The summed E-state index contributed by atoms with van der Waals surface area (Å²) in [5.41, 5.74) is 3.05. The monoisotopic (exact) mass is 535 g/mol. The van der Waals surface area contributed by atoms with Gasteiger partial charge in [-0.25, -0.2) is 4.90 Å². The van der Waals surface area contributed by atoms with Crippen LogP contribution in [0.2, 0.25) is 0 Å². The minimum Gasteiger partial charge on any atom is -0.349 e. The van der Waals surface area contributed by atoms with Crippen LogP contribution in [-0.2, 0) is 22.4 Å². The molecule has 1 N–H and O–H groups in total. The molecule has 186 valence electrons. The minimum atomic E-state index is -0.826. The second kappa shape index (κ2) is 10.9. The van der Waals surface area contributed by atoms with E-state index in [0.29, 0.717) is 28.6 Å². The molecule has 1 fully saturated rings. The second-order valence-corrected chi connectivity index (χ2v) is 11.2. The van der Waals surface area contributed by atoms with Gasteiger partial charge in [0.05, 0.1) is 10.8 Å². The van der Waals surface area contributed by atoms with Crippen molar-refractivity contribution in [2.45, 2.75) is 36.9 Å². The molecule has 0 saturated carbocycles. The van der Waals surface area contributed by atoms with Crippen molar-refractivity contribution in [2.24, 2.45) is 0 Å². The summed E-state index contributed by atoms with van der Waals surface area (Å²) in [5, 5.41) is 31.8. The molecule has 1 aliphatic carbocycles. The van der Waals surface area contributed by atoms with Crippen LogP contribution in [-0.4, -0.2) is 17.1 Å². The van der Waals surface area contributed by atoms with Gasteiger partial charge in [-0.15, -0.1) is 11.3 Å². The van der Waals surface area contributed by atoms with Gasteiger partial charge < -0.3 is 5.32 Å². The lowest BCUT2D eigenvalue weighted by Crippen LogP contribution is -2.31. The van der Waals surface area contributed by atoms with Crippen LogP contribution in [0.1, 0.15) is 40.3 Å². The SMILES string of the molecule is N#CC(C#N)=C(Nc1ccccc1)S[C@@H]1CC(=O)N(c2sc3c(c2C#N)CC[C@@H](c2ccccc2)C3)C1=O. The van der Waals surface area contributed by atoms with Crippen molar-refractivity contribution in [3.8, 4) is 18.2 Å². The van der Waals surface area contributed by atoms with Gasteiger partial charge in [0.25, 0.3) is 0 Å². The van der Waals surface area contributed by atoms with Crippen molar-refractivity contribution in [3.05, 3.63) is 92.8 Å². The average molecular weight is 536 g/mol. The number of benzene rings is 2. The molecule has 9 heteroatoms. The van der Waals surface area contributed by atoms with E-state index in [1.54, 1.807) is 24.3 Å². The third-order valence-corrected chi connectivity index (χ3v) is 9.11. The molecule has 0 unspecified atom stereocenters. The minimum absolute atomic E-state index is 0.0896. The van der Waals surface area contributed by atoms with Gasteiger partial charge in [-0.05, 0) is 48.4 Å². The van der Waals surface area contributed by atoms with Crippen molar-refractivity contribution in [2.75, 3.05) is 10.2 Å². The number of nitriles is 3. The molecule has 7 nitrogen and oxygen atoms in total. The largest absolute Gasteiger partial charge is 0.349 e. The maximum Gasteiger partial charge on any atom is 0.248 e. The number of carbonyl (C=O) groups excluding carboxylic acids is 2. The molecule has 2 atom stereocenters. The summed E-state index contributed by atoms with van der Waals surface area (Å²) in [7, 11) is 0. The fourth-order valence-corrected chi connectivity index (χ4v) is 7.34. The number of thioether (sulfide) groups is 1. The highest BCUT2D eigenvalue weighted by Crippen LogP contribution is 2.46. The van der Waals surface area contributed by atoms with Crippen molar-refractivity contribution in [1.82, 2.24) is 0 Å². The van der Waals surface area contributed by atoms with E-state index < -0.39 is 17.1 Å². The van der Waals surface area contributed by atoms with Gasteiger partial charge in [0, 0.05) is 17.0 Å². The molecule has 0 spiro atoms. The average Bonchev–Trinajstić information content (AvgIpc) is 3.44. The zero-order valence-corrected chi connectivity index (χ0v) is 21.8. The Kier molecular flexibility index (Phi) is 7.29. The normalized spacial score (nSPS) is 18.2. The van der Waals surface area contributed by atoms with E-state index in [0.717, 1.165) is 39.9 Å². The fourth-order valence-electron chi connectivity index (χ4n) is 4.84. The summed E-state index contributed by atoms with van der Waals surface area (Å²) in [4.78, 5) is 28.8. The highest BCUT2D eigenvalue weighted by molar-refractivity contribution is 8.04. The molecule has 0 bridgehead atoms. The number of hydrogen-bond donors (Lipinski definition) is 1. The van der Waals surface area contributed by atoms with E-state index >= 15 is 0 Å². The lowest BCUT2D eigenvalue weighted by molar-refractivity contribution is -0.121. The van der Waals surface area contributed by atoms with Gasteiger partial charge in [-0.3, -0.25) is 9.59 Å². The number of nitrogens with one attached hydrogen (secondary N) is 1. The molecular formula is C29H21N5O2S2. The zero-order chi connectivity index (χ0) is 26.6. The van der Waals surface area contributed by atoms with E-state index in [2.05, 4.69) is 23.5 Å². The number of rotatable bonds is 6. The third-order valence-electron chi connectivity index (χ3n) is 6.68. The van der Waals surface area contributed by atoms with Crippen LogP contribution in [0.25, 0.3) is 0 Å². The van der Waals surface area contributed by atoms with Crippen LogP contribution in [0.4, 0.5) is 10.7 Å². The molecule has 0 radical (unpaired) electrons. The molecule has 38 heavy (non-hydrogen) atoms. The third kappa shape index (κ3) is 4.80. The summed E-state index contributed by atoms with van der Waals surface area (Å²) in [6.07, 6.45) is 2.28. The highest BCUT2D eigenvalue weighted by atomic mass is 32.2. The molecule has 1 aromatic heterocycles.